The molecule has 2 aromatic carbocycles. The minimum absolute atomic E-state index is 0.0138. The van der Waals surface area contributed by atoms with Crippen LogP contribution >= 0.6 is 0 Å². The van der Waals surface area contributed by atoms with Gasteiger partial charge in [0.05, 0.1) is 24.9 Å². The fourth-order valence-corrected chi connectivity index (χ4v) is 5.28. The summed E-state index contributed by atoms with van der Waals surface area (Å²) in [5.41, 5.74) is 4.17. The number of amides is 1. The molecule has 3 heterocycles. The van der Waals surface area contributed by atoms with Crippen LogP contribution in [0.3, 0.4) is 0 Å². The first kappa shape index (κ1) is 28.5. The fourth-order valence-electron chi connectivity index (χ4n) is 5.28. The molecular formula is C29H36F2N4O4. The van der Waals surface area contributed by atoms with Gasteiger partial charge in [-0.3, -0.25) is 14.6 Å². The van der Waals surface area contributed by atoms with E-state index in [2.05, 4.69) is 28.9 Å². The number of piperidine rings is 1. The van der Waals surface area contributed by atoms with Gasteiger partial charge >= 0.3 is 5.97 Å². The molecule has 3 aromatic rings. The molecule has 2 aliphatic rings. The summed E-state index contributed by atoms with van der Waals surface area (Å²) in [5, 5.41) is 10.2. The third kappa shape index (κ3) is 6.93. The van der Waals surface area contributed by atoms with E-state index in [1.165, 1.54) is 11.5 Å². The van der Waals surface area contributed by atoms with Crippen LogP contribution in [-0.2, 0) is 11.3 Å². The Bertz CT molecular complexity index is 1290. The van der Waals surface area contributed by atoms with Crippen molar-refractivity contribution in [3.05, 3.63) is 59.3 Å². The summed E-state index contributed by atoms with van der Waals surface area (Å²) in [4.78, 5) is 31.7. The number of aromatic nitrogens is 1. The van der Waals surface area contributed by atoms with Gasteiger partial charge < -0.3 is 19.7 Å². The molecule has 1 amide bonds. The smallest absolute Gasteiger partial charge is 0.337 e. The summed E-state index contributed by atoms with van der Waals surface area (Å²) in [7, 11) is 1.69. The summed E-state index contributed by atoms with van der Waals surface area (Å²) >= 11 is 0. The van der Waals surface area contributed by atoms with Crippen LogP contribution in [0.25, 0.3) is 10.9 Å². The molecule has 0 saturated carbocycles. The van der Waals surface area contributed by atoms with Crippen LogP contribution < -0.4 is 9.64 Å². The van der Waals surface area contributed by atoms with Gasteiger partial charge in [0.25, 0.3) is 6.43 Å². The van der Waals surface area contributed by atoms with Crippen LogP contribution in [0.5, 0.6) is 5.75 Å². The SMILES string of the molecule is COc1cc(C)c2[nH]ccc2c1CN1CCN(CC(F)F)CC1.O=C(O)c1ccccc1N1CCCCC1=O. The number of aromatic amines is 1. The maximum absolute atomic E-state index is 12.5. The first-order valence-electron chi connectivity index (χ1n) is 13.3. The lowest BCUT2D eigenvalue weighted by atomic mass is 10.0. The predicted molar refractivity (Wildman–Crippen MR) is 147 cm³/mol. The molecule has 0 bridgehead atoms. The lowest BCUT2D eigenvalue weighted by Gasteiger charge is -2.34. The number of anilines is 1. The molecule has 8 nitrogen and oxygen atoms in total. The van der Waals surface area contributed by atoms with Crippen LogP contribution in [-0.4, -0.2) is 84.6 Å². The predicted octanol–water partition coefficient (Wildman–Crippen LogP) is 4.77. The number of alkyl halides is 2. The van der Waals surface area contributed by atoms with Gasteiger partial charge in [-0.05, 0) is 49.6 Å². The first-order chi connectivity index (χ1) is 18.8. The Hall–Kier alpha value is -3.50. The largest absolute Gasteiger partial charge is 0.496 e. The molecule has 210 valence electrons. The van der Waals surface area contributed by atoms with Gasteiger partial charge in [-0.25, -0.2) is 13.6 Å². The van der Waals surface area contributed by atoms with E-state index in [0.717, 1.165) is 54.9 Å². The van der Waals surface area contributed by atoms with E-state index < -0.39 is 12.4 Å². The zero-order chi connectivity index (χ0) is 27.9. The minimum Gasteiger partial charge on any atom is -0.496 e. The van der Waals surface area contributed by atoms with Crippen molar-refractivity contribution in [1.82, 2.24) is 14.8 Å². The van der Waals surface area contributed by atoms with Crippen LogP contribution in [0, 0.1) is 6.92 Å². The Kier molecular flexibility index (Phi) is 9.53. The molecule has 10 heteroatoms. The topological polar surface area (TPSA) is 89.1 Å². The number of hydrogen-bond acceptors (Lipinski definition) is 5. The van der Waals surface area contributed by atoms with Crippen molar-refractivity contribution in [3.63, 3.8) is 0 Å². The van der Waals surface area contributed by atoms with Crippen LogP contribution in [0.15, 0.2) is 42.6 Å². The number of para-hydroxylation sites is 1. The van der Waals surface area contributed by atoms with Crippen LogP contribution in [0.4, 0.5) is 14.5 Å². The Morgan fingerprint density at radius 1 is 1.08 bits per heavy atom. The molecule has 39 heavy (non-hydrogen) atoms. The van der Waals surface area contributed by atoms with E-state index in [4.69, 9.17) is 9.84 Å². The van der Waals surface area contributed by atoms with Crippen molar-refractivity contribution >= 4 is 28.5 Å². The number of halogens is 2. The second-order valence-electron chi connectivity index (χ2n) is 9.93. The minimum atomic E-state index is -2.25. The van der Waals surface area contributed by atoms with Gasteiger partial charge in [0, 0.05) is 68.4 Å². The average Bonchev–Trinajstić information content (AvgIpc) is 3.42. The number of hydrogen-bond donors (Lipinski definition) is 2. The Balaban J connectivity index is 0.000000193. The van der Waals surface area contributed by atoms with Crippen molar-refractivity contribution in [1.29, 1.82) is 0 Å². The number of aryl methyl sites for hydroxylation is 1. The van der Waals surface area contributed by atoms with Gasteiger partial charge in [-0.1, -0.05) is 12.1 Å². The molecule has 0 radical (unpaired) electrons. The number of rotatable bonds is 7. The van der Waals surface area contributed by atoms with Crippen LogP contribution in [0.2, 0.25) is 0 Å². The van der Waals surface area contributed by atoms with Crippen LogP contribution in [0.1, 0.15) is 40.7 Å². The quantitative estimate of drug-likeness (QED) is 0.447. The summed E-state index contributed by atoms with van der Waals surface area (Å²) in [6.07, 6.45) is 2.03. The lowest BCUT2D eigenvalue weighted by molar-refractivity contribution is -0.119. The van der Waals surface area contributed by atoms with E-state index in [-0.39, 0.29) is 18.0 Å². The van der Waals surface area contributed by atoms with Gasteiger partial charge in [0.15, 0.2) is 0 Å². The zero-order valence-electron chi connectivity index (χ0n) is 22.5. The first-order valence-corrected chi connectivity index (χ1v) is 13.3. The molecule has 2 fully saturated rings. The number of H-pyrrole nitrogens is 1. The Labute approximate surface area is 227 Å². The molecule has 0 spiro atoms. The lowest BCUT2D eigenvalue weighted by Crippen LogP contribution is -2.47. The number of nitrogens with one attached hydrogen (secondary N) is 1. The number of ether oxygens (including phenoxy) is 1. The molecule has 2 aliphatic heterocycles. The number of benzene rings is 2. The van der Waals surface area contributed by atoms with E-state index in [1.54, 1.807) is 30.2 Å². The van der Waals surface area contributed by atoms with E-state index in [1.807, 2.05) is 11.1 Å². The highest BCUT2D eigenvalue weighted by molar-refractivity contribution is 6.02. The number of carbonyl (C=O) groups excluding carboxylic acids is 1. The Morgan fingerprint density at radius 3 is 2.46 bits per heavy atom. The van der Waals surface area contributed by atoms with E-state index in [0.29, 0.717) is 31.7 Å². The normalized spacial score (nSPS) is 16.8. The van der Waals surface area contributed by atoms with Crippen molar-refractivity contribution < 1.29 is 28.2 Å². The Morgan fingerprint density at radius 2 is 1.79 bits per heavy atom. The van der Waals surface area contributed by atoms with Gasteiger partial charge in [0.1, 0.15) is 5.75 Å². The molecule has 2 saturated heterocycles. The fraction of sp³-hybridized carbons (Fsp3) is 0.448. The van der Waals surface area contributed by atoms with Crippen molar-refractivity contribution in [2.75, 3.05) is 51.3 Å². The number of piperazine rings is 1. The monoisotopic (exact) mass is 542 g/mol. The summed E-state index contributed by atoms with van der Waals surface area (Å²) in [5.74, 6) is -0.0847. The number of nitrogens with zero attached hydrogens (tertiary/aromatic N) is 3. The van der Waals surface area contributed by atoms with Crippen molar-refractivity contribution in [2.24, 2.45) is 0 Å². The molecule has 2 N–H and O–H groups in total. The number of aromatic carboxylic acids is 1. The third-order valence-electron chi connectivity index (χ3n) is 7.32. The average molecular weight is 543 g/mol. The maximum Gasteiger partial charge on any atom is 0.337 e. The van der Waals surface area contributed by atoms with E-state index >= 15 is 0 Å². The molecule has 1 aromatic heterocycles. The number of fused-ring (bicyclic) bond motifs is 1. The zero-order valence-corrected chi connectivity index (χ0v) is 22.5. The molecule has 0 atom stereocenters. The molecule has 0 unspecified atom stereocenters. The highest BCUT2D eigenvalue weighted by Crippen LogP contribution is 2.32. The molecular weight excluding hydrogens is 506 g/mol. The third-order valence-corrected chi connectivity index (χ3v) is 7.32. The maximum atomic E-state index is 12.5. The molecule has 0 aliphatic carbocycles. The van der Waals surface area contributed by atoms with Crippen molar-refractivity contribution in [2.45, 2.75) is 39.2 Å². The summed E-state index contributed by atoms with van der Waals surface area (Å²) < 4.78 is 30.5. The number of carboxylic acid groups (broad SMARTS) is 1. The summed E-state index contributed by atoms with van der Waals surface area (Å²) in [6.45, 7) is 6.32. The molecule has 5 rings (SSSR count). The van der Waals surface area contributed by atoms with Gasteiger partial charge in [0.2, 0.25) is 5.91 Å². The summed E-state index contributed by atoms with van der Waals surface area (Å²) in [6, 6.07) is 10.8. The second-order valence-corrected chi connectivity index (χ2v) is 9.93. The second kappa shape index (κ2) is 13.0. The van der Waals surface area contributed by atoms with E-state index in [9.17, 15) is 18.4 Å². The highest BCUT2D eigenvalue weighted by atomic mass is 19.3. The van der Waals surface area contributed by atoms with Gasteiger partial charge in [-0.15, -0.1) is 0 Å². The van der Waals surface area contributed by atoms with Gasteiger partial charge in [-0.2, -0.15) is 0 Å². The number of carboxylic acids is 1. The number of methoxy groups -OCH3 is 1. The van der Waals surface area contributed by atoms with Crippen molar-refractivity contribution in [3.8, 4) is 5.75 Å². The number of carbonyl (C=O) groups is 2. The standard InChI is InChI=1S/C17H23F2N3O.C12H13NO3/c1-12-9-15(23-2)14(13-3-4-20-17(12)13)10-21-5-7-22(8-6-21)11-16(18)19;14-11-7-3-4-8-13(11)10-6-2-1-5-9(10)12(15)16/h3-4,9,16,20H,5-8,10-11H2,1-2H3;1-2,5-6H,3-4,7-8H2,(H,15,16). The highest BCUT2D eigenvalue weighted by Gasteiger charge is 2.24.